The number of amides is 1. The first-order valence-electron chi connectivity index (χ1n) is 6.47. The van der Waals surface area contributed by atoms with Gasteiger partial charge in [-0.25, -0.2) is 4.79 Å². The molecule has 0 aliphatic carbocycles. The van der Waals surface area contributed by atoms with E-state index < -0.39 is 17.9 Å². The molecule has 2 unspecified atom stereocenters. The Balaban J connectivity index is 2.70. The van der Waals surface area contributed by atoms with E-state index in [1.54, 1.807) is 19.1 Å². The number of nitrogens with one attached hydrogen (secondary N) is 1. The van der Waals surface area contributed by atoms with E-state index >= 15 is 0 Å². The predicted molar refractivity (Wildman–Crippen MR) is 77.2 cm³/mol. The molecule has 5 nitrogen and oxygen atoms in total. The molecule has 0 fully saturated rings. The first-order chi connectivity index (χ1) is 9.49. The Morgan fingerprint density at radius 2 is 1.90 bits per heavy atom. The first kappa shape index (κ1) is 16.5. The van der Waals surface area contributed by atoms with Crippen LogP contribution in [0.25, 0.3) is 0 Å². The van der Waals surface area contributed by atoms with E-state index in [4.69, 9.17) is 22.1 Å². The summed E-state index contributed by atoms with van der Waals surface area (Å²) >= 11 is 5.82. The SMILES string of the molecule is CCOC(=O)C(N)C(=O)NC(CC)c1ccc(Cl)cc1. The van der Waals surface area contributed by atoms with Crippen LogP contribution in [0.15, 0.2) is 24.3 Å². The van der Waals surface area contributed by atoms with Gasteiger partial charge in [0.1, 0.15) is 0 Å². The van der Waals surface area contributed by atoms with Crippen LogP contribution < -0.4 is 11.1 Å². The van der Waals surface area contributed by atoms with Crippen LogP contribution in [0.5, 0.6) is 0 Å². The van der Waals surface area contributed by atoms with E-state index in [0.717, 1.165) is 5.56 Å². The molecule has 0 saturated carbocycles. The van der Waals surface area contributed by atoms with Crippen molar-refractivity contribution in [2.24, 2.45) is 5.73 Å². The molecule has 0 saturated heterocycles. The van der Waals surface area contributed by atoms with Gasteiger partial charge in [-0.3, -0.25) is 4.79 Å². The van der Waals surface area contributed by atoms with Crippen molar-refractivity contribution in [1.29, 1.82) is 0 Å². The van der Waals surface area contributed by atoms with Gasteiger partial charge in [0, 0.05) is 5.02 Å². The zero-order valence-corrected chi connectivity index (χ0v) is 12.3. The minimum Gasteiger partial charge on any atom is -0.464 e. The number of nitrogens with two attached hydrogens (primary N) is 1. The largest absolute Gasteiger partial charge is 0.464 e. The molecule has 110 valence electrons. The molecule has 6 heteroatoms. The van der Waals surface area contributed by atoms with Crippen molar-refractivity contribution in [3.63, 3.8) is 0 Å². The second-order valence-electron chi connectivity index (χ2n) is 4.25. The molecule has 20 heavy (non-hydrogen) atoms. The van der Waals surface area contributed by atoms with Crippen molar-refractivity contribution in [3.8, 4) is 0 Å². The van der Waals surface area contributed by atoms with Crippen molar-refractivity contribution in [1.82, 2.24) is 5.32 Å². The normalized spacial score (nSPS) is 13.4. The Kier molecular flexibility index (Phi) is 6.48. The van der Waals surface area contributed by atoms with Crippen LogP contribution in [0.1, 0.15) is 31.9 Å². The Bertz CT molecular complexity index is 462. The van der Waals surface area contributed by atoms with Crippen LogP contribution in [0.4, 0.5) is 0 Å². The van der Waals surface area contributed by atoms with Crippen molar-refractivity contribution in [2.45, 2.75) is 32.4 Å². The van der Waals surface area contributed by atoms with E-state index in [2.05, 4.69) is 5.32 Å². The summed E-state index contributed by atoms with van der Waals surface area (Å²) < 4.78 is 4.72. The maximum absolute atomic E-state index is 11.9. The Hall–Kier alpha value is -1.59. The maximum Gasteiger partial charge on any atom is 0.332 e. The van der Waals surface area contributed by atoms with E-state index in [1.165, 1.54) is 0 Å². The summed E-state index contributed by atoms with van der Waals surface area (Å²) in [6, 6.07) is 5.62. The monoisotopic (exact) mass is 298 g/mol. The van der Waals surface area contributed by atoms with Crippen LogP contribution >= 0.6 is 11.6 Å². The summed E-state index contributed by atoms with van der Waals surface area (Å²) in [5, 5.41) is 3.36. The summed E-state index contributed by atoms with van der Waals surface area (Å²) in [5.41, 5.74) is 6.45. The zero-order chi connectivity index (χ0) is 15.1. The average Bonchev–Trinajstić information content (AvgIpc) is 2.45. The summed E-state index contributed by atoms with van der Waals surface area (Å²) in [7, 11) is 0. The molecule has 0 aromatic heterocycles. The van der Waals surface area contributed by atoms with Crippen molar-refractivity contribution < 1.29 is 14.3 Å². The van der Waals surface area contributed by atoms with Gasteiger partial charge < -0.3 is 15.8 Å². The highest BCUT2D eigenvalue weighted by Gasteiger charge is 2.25. The number of halogens is 1. The molecule has 1 aromatic rings. The molecular weight excluding hydrogens is 280 g/mol. The van der Waals surface area contributed by atoms with Gasteiger partial charge in [-0.2, -0.15) is 0 Å². The number of ether oxygens (including phenoxy) is 1. The second-order valence-corrected chi connectivity index (χ2v) is 4.69. The lowest BCUT2D eigenvalue weighted by molar-refractivity contribution is -0.148. The molecule has 1 aromatic carbocycles. The quantitative estimate of drug-likeness (QED) is 0.620. The van der Waals surface area contributed by atoms with Gasteiger partial charge in [-0.05, 0) is 31.0 Å². The fourth-order valence-electron chi connectivity index (χ4n) is 1.72. The van der Waals surface area contributed by atoms with Gasteiger partial charge in [0.05, 0.1) is 12.6 Å². The Morgan fingerprint density at radius 3 is 2.40 bits per heavy atom. The zero-order valence-electron chi connectivity index (χ0n) is 11.6. The van der Waals surface area contributed by atoms with Gasteiger partial charge in [0.2, 0.25) is 5.91 Å². The van der Waals surface area contributed by atoms with E-state index in [1.807, 2.05) is 19.1 Å². The molecule has 3 N–H and O–H groups in total. The molecule has 0 heterocycles. The Labute approximate surface area is 123 Å². The molecule has 2 atom stereocenters. The minimum absolute atomic E-state index is 0.189. The van der Waals surface area contributed by atoms with Crippen LogP contribution in [0.2, 0.25) is 5.02 Å². The van der Waals surface area contributed by atoms with Crippen molar-refractivity contribution in [3.05, 3.63) is 34.9 Å². The third kappa shape index (κ3) is 4.51. The topological polar surface area (TPSA) is 81.4 Å². The van der Waals surface area contributed by atoms with Crippen LogP contribution in [0, 0.1) is 0 Å². The fraction of sp³-hybridized carbons (Fsp3) is 0.429. The number of hydrogen-bond acceptors (Lipinski definition) is 4. The van der Waals surface area contributed by atoms with Gasteiger partial charge in [0.25, 0.3) is 0 Å². The highest BCUT2D eigenvalue weighted by Crippen LogP contribution is 2.19. The molecule has 0 radical (unpaired) electrons. The van der Waals surface area contributed by atoms with E-state index in [9.17, 15) is 9.59 Å². The van der Waals surface area contributed by atoms with Gasteiger partial charge in [-0.15, -0.1) is 0 Å². The number of carbonyl (C=O) groups is 2. The fourth-order valence-corrected chi connectivity index (χ4v) is 1.84. The number of rotatable bonds is 6. The molecule has 1 amide bonds. The lowest BCUT2D eigenvalue weighted by Gasteiger charge is -2.19. The van der Waals surface area contributed by atoms with Gasteiger partial charge in [-0.1, -0.05) is 30.7 Å². The second kappa shape index (κ2) is 7.87. The van der Waals surface area contributed by atoms with Crippen molar-refractivity contribution in [2.75, 3.05) is 6.61 Å². The number of esters is 1. The maximum atomic E-state index is 11.9. The third-order valence-electron chi connectivity index (χ3n) is 2.82. The predicted octanol–water partition coefficient (Wildman–Crippen LogP) is 1.80. The minimum atomic E-state index is -1.31. The smallest absolute Gasteiger partial charge is 0.332 e. The summed E-state index contributed by atoms with van der Waals surface area (Å²) in [6.07, 6.45) is 0.670. The number of carbonyl (C=O) groups excluding carboxylic acids is 2. The Morgan fingerprint density at radius 1 is 1.30 bits per heavy atom. The van der Waals surface area contributed by atoms with Gasteiger partial charge in [0.15, 0.2) is 6.04 Å². The summed E-state index contributed by atoms with van der Waals surface area (Å²) in [6.45, 7) is 3.77. The number of benzene rings is 1. The molecular formula is C14H19ClN2O3. The van der Waals surface area contributed by atoms with E-state index in [0.29, 0.717) is 11.4 Å². The molecule has 0 spiro atoms. The number of hydrogen-bond donors (Lipinski definition) is 2. The first-order valence-corrected chi connectivity index (χ1v) is 6.85. The van der Waals surface area contributed by atoms with Crippen molar-refractivity contribution >= 4 is 23.5 Å². The molecule has 0 aliphatic rings. The molecule has 0 aliphatic heterocycles. The lowest BCUT2D eigenvalue weighted by Crippen LogP contribution is -2.47. The third-order valence-corrected chi connectivity index (χ3v) is 3.07. The molecule has 1 rings (SSSR count). The highest BCUT2D eigenvalue weighted by atomic mass is 35.5. The average molecular weight is 299 g/mol. The lowest BCUT2D eigenvalue weighted by atomic mass is 10.0. The summed E-state index contributed by atoms with van der Waals surface area (Å²) in [4.78, 5) is 23.3. The van der Waals surface area contributed by atoms with Crippen LogP contribution in [-0.4, -0.2) is 24.5 Å². The molecule has 0 bridgehead atoms. The standard InChI is InChI=1S/C14H19ClN2O3/c1-3-11(9-5-7-10(15)8-6-9)17-13(18)12(16)14(19)20-4-2/h5-8,11-12H,3-4,16H2,1-2H3,(H,17,18). The van der Waals surface area contributed by atoms with Crippen LogP contribution in [0.3, 0.4) is 0 Å². The van der Waals surface area contributed by atoms with Gasteiger partial charge >= 0.3 is 5.97 Å². The van der Waals surface area contributed by atoms with Crippen LogP contribution in [-0.2, 0) is 14.3 Å². The van der Waals surface area contributed by atoms with E-state index in [-0.39, 0.29) is 12.6 Å². The highest BCUT2D eigenvalue weighted by molar-refractivity contribution is 6.30. The summed E-state index contributed by atoms with van der Waals surface area (Å²) in [5.74, 6) is -1.28.